The van der Waals surface area contributed by atoms with Crippen LogP contribution in [-0.4, -0.2) is 79.9 Å². The molecule has 0 radical (unpaired) electrons. The van der Waals surface area contributed by atoms with Gasteiger partial charge in [-0.15, -0.1) is 0 Å². The van der Waals surface area contributed by atoms with E-state index in [0.717, 1.165) is 22.5 Å². The van der Waals surface area contributed by atoms with E-state index in [-0.39, 0.29) is 78.6 Å². The molecular weight excluding hydrogens is 548 g/mol. The molecule has 0 saturated carbocycles. The summed E-state index contributed by atoms with van der Waals surface area (Å²) in [5.74, 6) is -2.23. The maximum Gasteiger partial charge on any atom is 0.167 e. The predicted molar refractivity (Wildman–Crippen MR) is 167 cm³/mol. The molecule has 1 aliphatic rings. The third-order valence-electron chi connectivity index (χ3n) is 8.46. The number of hydrogen-bond acceptors (Lipinski definition) is 9. The third-order valence-corrected chi connectivity index (χ3v) is 8.46. The summed E-state index contributed by atoms with van der Waals surface area (Å²) in [6.45, 7) is 0.716. The van der Waals surface area contributed by atoms with Gasteiger partial charge in [-0.3, -0.25) is 19.2 Å². The van der Waals surface area contributed by atoms with Crippen molar-refractivity contribution in [2.75, 3.05) is 51.2 Å². The number of carbonyl (C=O) groups excluding carboxylic acids is 4. The van der Waals surface area contributed by atoms with Crippen LogP contribution in [0.15, 0.2) is 30.3 Å². The van der Waals surface area contributed by atoms with E-state index in [0.29, 0.717) is 31.2 Å². The number of aromatic hydroxyl groups is 1. The molecule has 0 aliphatic heterocycles. The number of nitrogens with zero attached hydrogens (tertiary/aromatic N) is 2. The molecule has 234 valence electrons. The molecule has 2 aromatic rings. The molecule has 0 fully saturated rings. The number of fused-ring (bicyclic) bond motifs is 1. The van der Waals surface area contributed by atoms with Gasteiger partial charge in [0.1, 0.15) is 23.1 Å². The van der Waals surface area contributed by atoms with Gasteiger partial charge in [-0.2, -0.15) is 0 Å². The Morgan fingerprint density at radius 2 is 1.67 bits per heavy atom. The van der Waals surface area contributed by atoms with Gasteiger partial charge < -0.3 is 25.1 Å². The number of aliphatic hydroxyl groups excluding tert-OH is 2. The van der Waals surface area contributed by atoms with E-state index >= 15 is 0 Å². The minimum absolute atomic E-state index is 0.0419. The van der Waals surface area contributed by atoms with Crippen molar-refractivity contribution in [1.29, 1.82) is 0 Å². The van der Waals surface area contributed by atoms with Crippen LogP contribution in [0.4, 0.5) is 11.4 Å². The van der Waals surface area contributed by atoms with Crippen LogP contribution >= 0.6 is 0 Å². The molecule has 1 aliphatic carbocycles. The second-order valence-electron chi connectivity index (χ2n) is 12.3. The maximum absolute atomic E-state index is 13.5. The van der Waals surface area contributed by atoms with E-state index in [1.807, 2.05) is 68.3 Å². The van der Waals surface area contributed by atoms with Gasteiger partial charge in [0.05, 0.1) is 18.6 Å². The highest BCUT2D eigenvalue weighted by molar-refractivity contribution is 6.03. The Morgan fingerprint density at radius 1 is 1.00 bits per heavy atom. The molecule has 0 heterocycles. The predicted octanol–water partition coefficient (Wildman–Crippen LogP) is 3.56. The zero-order valence-electron chi connectivity index (χ0n) is 26.1. The number of aryl methyl sites for hydroxylation is 1. The number of ketones is 4. The molecular formula is C34H46N2O7. The van der Waals surface area contributed by atoms with E-state index in [9.17, 15) is 34.5 Å². The van der Waals surface area contributed by atoms with Gasteiger partial charge in [0.15, 0.2) is 5.78 Å². The lowest BCUT2D eigenvalue weighted by molar-refractivity contribution is -0.131. The Hall–Kier alpha value is -3.56. The fourth-order valence-corrected chi connectivity index (χ4v) is 6.21. The highest BCUT2D eigenvalue weighted by Crippen LogP contribution is 2.42. The van der Waals surface area contributed by atoms with Crippen LogP contribution in [0.2, 0.25) is 0 Å². The quantitative estimate of drug-likeness (QED) is 0.249. The standard InChI is InChI=1S/C34H46N2O7/c1-21(39)14-31(41)29(20-38)24(12-13-37)15-23-17-28-30(36(4)5)19-25(34(43)33(28)32(42)18-23)8-11-27(40)16-22-6-9-26(10-7-22)35(2)3/h6-7,9-10,19,23-24,29,37-38,43H,8,11-18,20H2,1-5H3. The van der Waals surface area contributed by atoms with E-state index < -0.39 is 12.5 Å². The number of phenols is 1. The normalized spacial score (nSPS) is 15.9. The SMILES string of the molecule is CC(=O)CC(=O)C(CO)C(CCO)CC1CC(=O)c2c(O)c(CCC(=O)Cc3ccc(N(C)C)cc3)cc(N(C)C)c2C1. The molecule has 0 spiro atoms. The number of Topliss-reactive ketones (excluding diaryl/α,β-unsaturated/α-hetero) is 4. The average Bonchev–Trinajstić information content (AvgIpc) is 2.92. The smallest absolute Gasteiger partial charge is 0.167 e. The first kappa shape index (κ1) is 33.9. The molecule has 0 amide bonds. The number of carbonyl (C=O) groups is 4. The van der Waals surface area contributed by atoms with Crippen molar-refractivity contribution >= 4 is 34.5 Å². The summed E-state index contributed by atoms with van der Waals surface area (Å²) < 4.78 is 0. The van der Waals surface area contributed by atoms with Gasteiger partial charge in [-0.25, -0.2) is 0 Å². The topological polar surface area (TPSA) is 135 Å². The Morgan fingerprint density at radius 3 is 2.23 bits per heavy atom. The van der Waals surface area contributed by atoms with Crippen molar-refractivity contribution in [1.82, 2.24) is 0 Å². The van der Waals surface area contributed by atoms with E-state index in [4.69, 9.17) is 0 Å². The van der Waals surface area contributed by atoms with Crippen LogP contribution in [0.5, 0.6) is 5.75 Å². The molecule has 43 heavy (non-hydrogen) atoms. The lowest BCUT2D eigenvalue weighted by Crippen LogP contribution is -2.33. The van der Waals surface area contributed by atoms with Gasteiger partial charge in [-0.1, -0.05) is 12.1 Å². The largest absolute Gasteiger partial charge is 0.507 e. The first-order valence-electron chi connectivity index (χ1n) is 15.0. The molecule has 0 bridgehead atoms. The molecule has 0 saturated heterocycles. The molecule has 9 nitrogen and oxygen atoms in total. The zero-order chi connectivity index (χ0) is 31.8. The van der Waals surface area contributed by atoms with Crippen molar-refractivity contribution < 1.29 is 34.5 Å². The summed E-state index contributed by atoms with van der Waals surface area (Å²) in [6.07, 6.45) is 1.87. The van der Waals surface area contributed by atoms with Crippen LogP contribution in [0, 0.1) is 17.8 Å². The Kier molecular flexibility index (Phi) is 12.0. The summed E-state index contributed by atoms with van der Waals surface area (Å²) in [4.78, 5) is 54.4. The Labute approximate surface area is 254 Å². The summed E-state index contributed by atoms with van der Waals surface area (Å²) in [6, 6.07) is 9.67. The highest BCUT2D eigenvalue weighted by Gasteiger charge is 2.36. The first-order valence-corrected chi connectivity index (χ1v) is 15.0. The molecule has 9 heteroatoms. The summed E-state index contributed by atoms with van der Waals surface area (Å²) >= 11 is 0. The number of rotatable bonds is 16. The van der Waals surface area contributed by atoms with Crippen LogP contribution < -0.4 is 9.80 Å². The van der Waals surface area contributed by atoms with Crippen LogP contribution in [-0.2, 0) is 33.6 Å². The number of benzene rings is 2. The molecule has 3 atom stereocenters. The van der Waals surface area contributed by atoms with Crippen LogP contribution in [0.1, 0.15) is 66.1 Å². The Balaban J connectivity index is 1.79. The second kappa shape index (κ2) is 15.3. The van der Waals surface area contributed by atoms with Crippen molar-refractivity contribution in [3.63, 3.8) is 0 Å². The lowest BCUT2D eigenvalue weighted by Gasteiger charge is -2.33. The summed E-state index contributed by atoms with van der Waals surface area (Å²) in [5, 5.41) is 30.9. The van der Waals surface area contributed by atoms with E-state index in [2.05, 4.69) is 0 Å². The second-order valence-corrected chi connectivity index (χ2v) is 12.3. The molecule has 0 aromatic heterocycles. The van der Waals surface area contributed by atoms with Crippen molar-refractivity contribution in [3.05, 3.63) is 52.6 Å². The fraction of sp³-hybridized carbons (Fsp3) is 0.529. The number of phenolic OH excluding ortho intramolecular Hbond substituents is 1. The maximum atomic E-state index is 13.5. The van der Waals surface area contributed by atoms with Crippen molar-refractivity contribution in [2.24, 2.45) is 17.8 Å². The molecule has 3 rings (SSSR count). The zero-order valence-corrected chi connectivity index (χ0v) is 26.1. The summed E-state index contributed by atoms with van der Waals surface area (Å²) in [5.41, 5.74) is 4.33. The monoisotopic (exact) mass is 594 g/mol. The number of hydrogen-bond donors (Lipinski definition) is 3. The van der Waals surface area contributed by atoms with Gasteiger partial charge in [0, 0.05) is 71.4 Å². The van der Waals surface area contributed by atoms with Gasteiger partial charge >= 0.3 is 0 Å². The number of aliphatic hydroxyl groups is 2. The molecule has 3 unspecified atom stereocenters. The molecule has 2 aromatic carbocycles. The minimum Gasteiger partial charge on any atom is -0.507 e. The highest BCUT2D eigenvalue weighted by atomic mass is 16.3. The van der Waals surface area contributed by atoms with Crippen molar-refractivity contribution in [2.45, 2.75) is 58.3 Å². The minimum atomic E-state index is -0.792. The summed E-state index contributed by atoms with van der Waals surface area (Å²) in [7, 11) is 7.65. The number of anilines is 2. The molecule has 3 N–H and O–H groups in total. The Bertz CT molecular complexity index is 1320. The van der Waals surface area contributed by atoms with Gasteiger partial charge in [-0.05, 0) is 79.3 Å². The van der Waals surface area contributed by atoms with E-state index in [1.165, 1.54) is 6.92 Å². The first-order chi connectivity index (χ1) is 20.4. The van der Waals surface area contributed by atoms with E-state index in [1.54, 1.807) is 0 Å². The van der Waals surface area contributed by atoms with Crippen molar-refractivity contribution in [3.8, 4) is 5.75 Å². The lowest BCUT2D eigenvalue weighted by atomic mass is 9.73. The van der Waals surface area contributed by atoms with Gasteiger partial charge in [0.25, 0.3) is 0 Å². The third kappa shape index (κ3) is 8.74. The average molecular weight is 595 g/mol. The fourth-order valence-electron chi connectivity index (χ4n) is 6.21. The van der Waals surface area contributed by atoms with Crippen LogP contribution in [0.25, 0.3) is 0 Å². The van der Waals surface area contributed by atoms with Crippen LogP contribution in [0.3, 0.4) is 0 Å². The van der Waals surface area contributed by atoms with Gasteiger partial charge in [0.2, 0.25) is 0 Å².